The summed E-state index contributed by atoms with van der Waals surface area (Å²) in [6.07, 6.45) is 3.54. The Bertz CT molecular complexity index is 1750. The van der Waals surface area contributed by atoms with Crippen molar-refractivity contribution >= 4 is 16.6 Å². The number of aromatic nitrogens is 3. The number of para-hydroxylation sites is 1. The molecule has 0 aliphatic carbocycles. The van der Waals surface area contributed by atoms with Crippen LogP contribution in [0.3, 0.4) is 0 Å². The number of benzene rings is 3. The van der Waals surface area contributed by atoms with Crippen LogP contribution in [-0.2, 0) is 0 Å². The lowest BCUT2D eigenvalue weighted by Crippen LogP contribution is -2.21. The first-order valence-corrected chi connectivity index (χ1v) is 11.4. The zero-order valence-corrected chi connectivity index (χ0v) is 19.3. The van der Waals surface area contributed by atoms with Crippen LogP contribution < -0.4 is 10.5 Å². The maximum Gasteiger partial charge on any atom is 0.269 e. The molecule has 6 rings (SSSR count). The van der Waals surface area contributed by atoms with Gasteiger partial charge in [-0.2, -0.15) is 10.4 Å². The van der Waals surface area contributed by atoms with E-state index in [0.29, 0.717) is 28.1 Å². The first-order chi connectivity index (χ1) is 18.0. The number of allylic oxidation sites excluding steroid dienone is 1. The van der Waals surface area contributed by atoms with E-state index in [2.05, 4.69) is 11.1 Å². The number of nitrogens with zero attached hydrogens (tertiary/aromatic N) is 5. The Hall–Kier alpha value is -5.49. The van der Waals surface area contributed by atoms with Gasteiger partial charge in [-0.3, -0.25) is 15.1 Å². The van der Waals surface area contributed by atoms with Gasteiger partial charge in [0.05, 0.1) is 22.2 Å². The number of non-ortho nitro benzene ring substituents is 1. The highest BCUT2D eigenvalue weighted by atomic mass is 16.6. The van der Waals surface area contributed by atoms with Crippen molar-refractivity contribution in [3.8, 4) is 28.8 Å². The number of fused-ring (bicyclic) bond motifs is 3. The van der Waals surface area contributed by atoms with E-state index in [9.17, 15) is 15.4 Å². The third kappa shape index (κ3) is 3.64. The highest BCUT2D eigenvalue weighted by Crippen LogP contribution is 2.47. The van der Waals surface area contributed by atoms with Gasteiger partial charge in [0.25, 0.3) is 5.69 Å². The largest absolute Gasteiger partial charge is 0.438 e. The van der Waals surface area contributed by atoms with Crippen molar-refractivity contribution in [2.24, 2.45) is 5.73 Å². The lowest BCUT2D eigenvalue weighted by molar-refractivity contribution is -0.384. The lowest BCUT2D eigenvalue weighted by atomic mass is 9.82. The van der Waals surface area contributed by atoms with Crippen molar-refractivity contribution in [1.29, 1.82) is 5.26 Å². The molecule has 2 aromatic heterocycles. The molecule has 3 aromatic carbocycles. The first-order valence-electron chi connectivity index (χ1n) is 11.4. The molecular weight excluding hydrogens is 468 g/mol. The number of hydrogen-bond acceptors (Lipinski definition) is 7. The van der Waals surface area contributed by atoms with Crippen LogP contribution >= 0.6 is 0 Å². The zero-order chi connectivity index (χ0) is 25.5. The van der Waals surface area contributed by atoms with Gasteiger partial charge in [0.2, 0.25) is 5.88 Å². The normalized spacial score (nSPS) is 14.6. The van der Waals surface area contributed by atoms with Crippen LogP contribution in [0.2, 0.25) is 0 Å². The van der Waals surface area contributed by atoms with Crippen molar-refractivity contribution in [3.05, 3.63) is 124 Å². The fraction of sp³-hybridized carbons (Fsp3) is 0.0357. The van der Waals surface area contributed by atoms with Crippen LogP contribution in [0, 0.1) is 21.4 Å². The molecule has 0 radical (unpaired) electrons. The van der Waals surface area contributed by atoms with E-state index in [-0.39, 0.29) is 17.1 Å². The number of nitro groups is 1. The molecule has 178 valence electrons. The first kappa shape index (κ1) is 22.0. The number of hydrogen-bond donors (Lipinski definition) is 1. The third-order valence-electron chi connectivity index (χ3n) is 6.38. The van der Waals surface area contributed by atoms with E-state index in [1.807, 2.05) is 60.8 Å². The Kier molecular flexibility index (Phi) is 5.13. The predicted octanol–water partition coefficient (Wildman–Crippen LogP) is 5.21. The number of nitro benzene ring substituents is 1. The molecule has 2 N–H and O–H groups in total. The molecule has 0 spiro atoms. The van der Waals surface area contributed by atoms with Gasteiger partial charge in [-0.05, 0) is 30.3 Å². The minimum Gasteiger partial charge on any atom is -0.438 e. The van der Waals surface area contributed by atoms with E-state index < -0.39 is 10.8 Å². The summed E-state index contributed by atoms with van der Waals surface area (Å²) in [5.41, 5.74) is 10.6. The molecule has 0 fully saturated rings. The lowest BCUT2D eigenvalue weighted by Gasteiger charge is -2.26. The molecule has 0 amide bonds. The molecule has 9 nitrogen and oxygen atoms in total. The number of ether oxygens (including phenoxy) is 1. The Balaban J connectivity index is 1.62. The number of nitrogens with two attached hydrogens (primary N) is 1. The Labute approximate surface area is 210 Å². The van der Waals surface area contributed by atoms with E-state index in [4.69, 9.17) is 15.6 Å². The van der Waals surface area contributed by atoms with Gasteiger partial charge in [-0.25, -0.2) is 4.68 Å². The van der Waals surface area contributed by atoms with Crippen molar-refractivity contribution in [1.82, 2.24) is 14.8 Å². The molecular formula is C28H18N6O3. The third-order valence-corrected chi connectivity index (χ3v) is 6.38. The second-order valence-corrected chi connectivity index (χ2v) is 8.50. The summed E-state index contributed by atoms with van der Waals surface area (Å²) < 4.78 is 7.68. The monoisotopic (exact) mass is 486 g/mol. The zero-order valence-electron chi connectivity index (χ0n) is 19.3. The quantitative estimate of drug-likeness (QED) is 0.272. The van der Waals surface area contributed by atoms with Gasteiger partial charge in [0, 0.05) is 46.6 Å². The molecule has 9 heteroatoms. The Morgan fingerprint density at radius 2 is 1.78 bits per heavy atom. The van der Waals surface area contributed by atoms with Crippen LogP contribution in [0.4, 0.5) is 5.69 Å². The van der Waals surface area contributed by atoms with E-state index in [0.717, 1.165) is 16.6 Å². The molecule has 0 saturated carbocycles. The summed E-state index contributed by atoms with van der Waals surface area (Å²) in [5.74, 6) is -0.107. The summed E-state index contributed by atoms with van der Waals surface area (Å²) >= 11 is 0. The van der Waals surface area contributed by atoms with Crippen molar-refractivity contribution in [2.75, 3.05) is 0 Å². The van der Waals surface area contributed by atoms with Crippen LogP contribution in [0.15, 0.2) is 103 Å². The van der Waals surface area contributed by atoms with Gasteiger partial charge in [-0.1, -0.05) is 36.4 Å². The second kappa shape index (κ2) is 8.62. The molecule has 37 heavy (non-hydrogen) atoms. The summed E-state index contributed by atoms with van der Waals surface area (Å²) in [5, 5.41) is 27.1. The number of pyridine rings is 1. The molecule has 5 aromatic rings. The minimum atomic E-state index is -0.595. The highest BCUT2D eigenvalue weighted by molar-refractivity contribution is 5.87. The Morgan fingerprint density at radius 1 is 1.00 bits per heavy atom. The summed E-state index contributed by atoms with van der Waals surface area (Å²) in [7, 11) is 0. The maximum absolute atomic E-state index is 11.2. The molecule has 1 atom stereocenters. The molecule has 1 aliphatic rings. The van der Waals surface area contributed by atoms with Crippen LogP contribution in [0.5, 0.6) is 5.75 Å². The van der Waals surface area contributed by atoms with Gasteiger partial charge in [0.1, 0.15) is 17.2 Å². The van der Waals surface area contributed by atoms with E-state index >= 15 is 0 Å². The van der Waals surface area contributed by atoms with Crippen LogP contribution in [0.25, 0.3) is 27.8 Å². The number of nitriles is 1. The number of rotatable bonds is 4. The SMILES string of the molecule is N#CC1=C(N)Oc2c(ccc3cccnc23)C1c1cn(-c2ccccc2)nc1-c1ccc([N+](=O)[O-])cc1. The van der Waals surface area contributed by atoms with Crippen molar-refractivity contribution < 1.29 is 9.66 Å². The van der Waals surface area contributed by atoms with Crippen LogP contribution in [-0.4, -0.2) is 19.7 Å². The molecule has 0 bridgehead atoms. The van der Waals surface area contributed by atoms with Gasteiger partial charge < -0.3 is 10.5 Å². The summed E-state index contributed by atoms with van der Waals surface area (Å²) in [6.45, 7) is 0. The van der Waals surface area contributed by atoms with Gasteiger partial charge in [-0.15, -0.1) is 0 Å². The Morgan fingerprint density at radius 3 is 2.51 bits per heavy atom. The molecule has 3 heterocycles. The average molecular weight is 486 g/mol. The van der Waals surface area contributed by atoms with E-state index in [1.165, 1.54) is 12.1 Å². The van der Waals surface area contributed by atoms with Crippen LogP contribution in [0.1, 0.15) is 17.0 Å². The average Bonchev–Trinajstić information content (AvgIpc) is 3.38. The fourth-order valence-corrected chi connectivity index (χ4v) is 4.65. The van der Waals surface area contributed by atoms with Crippen molar-refractivity contribution in [3.63, 3.8) is 0 Å². The maximum atomic E-state index is 11.2. The highest BCUT2D eigenvalue weighted by Gasteiger charge is 2.35. The standard InChI is InChI=1S/C28H18N6O3/c29-15-22-24(21-13-10-17-5-4-14-31-26(17)27(21)37-28(22)30)23-16-33(19-6-2-1-3-7-19)32-25(23)18-8-11-20(12-9-18)34(35)36/h1-14,16,24H,30H2. The van der Waals surface area contributed by atoms with E-state index in [1.54, 1.807) is 23.0 Å². The topological polar surface area (TPSA) is 133 Å². The second-order valence-electron chi connectivity index (χ2n) is 8.50. The molecule has 1 aliphatic heterocycles. The summed E-state index contributed by atoms with van der Waals surface area (Å²) in [4.78, 5) is 15.3. The predicted molar refractivity (Wildman–Crippen MR) is 137 cm³/mol. The van der Waals surface area contributed by atoms with Gasteiger partial charge in [0.15, 0.2) is 5.75 Å². The van der Waals surface area contributed by atoms with Crippen molar-refractivity contribution in [2.45, 2.75) is 5.92 Å². The fourth-order valence-electron chi connectivity index (χ4n) is 4.65. The summed E-state index contributed by atoms with van der Waals surface area (Å²) in [6, 6.07) is 25.6. The smallest absolute Gasteiger partial charge is 0.269 e. The van der Waals surface area contributed by atoms with Gasteiger partial charge >= 0.3 is 0 Å². The molecule has 1 unspecified atom stereocenters. The molecule has 0 saturated heterocycles. The minimum absolute atomic E-state index is 0.000244.